The molecular formula is C28H31N3O4. The summed E-state index contributed by atoms with van der Waals surface area (Å²) in [5.41, 5.74) is 3.27. The molecule has 1 aliphatic heterocycles. The van der Waals surface area contributed by atoms with Crippen molar-refractivity contribution < 1.29 is 19.1 Å². The fourth-order valence-electron chi connectivity index (χ4n) is 3.81. The van der Waals surface area contributed by atoms with Crippen LogP contribution in [-0.4, -0.2) is 44.2 Å². The number of amides is 2. The van der Waals surface area contributed by atoms with Crippen LogP contribution in [-0.2, 0) is 16.0 Å². The van der Waals surface area contributed by atoms with Gasteiger partial charge in [-0.2, -0.15) is 0 Å². The van der Waals surface area contributed by atoms with E-state index >= 15 is 0 Å². The third-order valence-corrected chi connectivity index (χ3v) is 5.75. The Morgan fingerprint density at radius 3 is 2.37 bits per heavy atom. The van der Waals surface area contributed by atoms with Crippen LogP contribution in [0.5, 0.6) is 5.75 Å². The number of hydrogen-bond acceptors (Lipinski definition) is 5. The quantitative estimate of drug-likeness (QED) is 0.387. The van der Waals surface area contributed by atoms with Gasteiger partial charge in [0.15, 0.2) is 0 Å². The summed E-state index contributed by atoms with van der Waals surface area (Å²) in [6.07, 6.45) is 2.98. The van der Waals surface area contributed by atoms with Gasteiger partial charge in [-0.1, -0.05) is 30.3 Å². The van der Waals surface area contributed by atoms with Crippen molar-refractivity contribution in [2.75, 3.05) is 36.9 Å². The van der Waals surface area contributed by atoms with Gasteiger partial charge in [-0.3, -0.25) is 9.59 Å². The van der Waals surface area contributed by atoms with Crippen LogP contribution in [0.3, 0.4) is 0 Å². The van der Waals surface area contributed by atoms with Crippen LogP contribution in [0.2, 0.25) is 0 Å². The number of anilines is 2. The molecule has 0 aliphatic carbocycles. The highest BCUT2D eigenvalue weighted by molar-refractivity contribution is 5.95. The van der Waals surface area contributed by atoms with Crippen LogP contribution in [0.4, 0.5) is 11.4 Å². The first-order valence-corrected chi connectivity index (χ1v) is 12.0. The molecule has 3 aromatic carbocycles. The first-order chi connectivity index (χ1) is 17.2. The van der Waals surface area contributed by atoms with Crippen molar-refractivity contribution in [1.29, 1.82) is 0 Å². The minimum atomic E-state index is -0.166. The summed E-state index contributed by atoms with van der Waals surface area (Å²) in [5, 5.41) is 8.84. The third-order valence-electron chi connectivity index (χ3n) is 5.75. The standard InChI is InChI=1S/C28H31N3O4/c32-27(31-24-12-14-25(15-13-24)35-18-16-21-5-2-1-3-6-21)20-29-23-10-8-22(9-11-23)28(33)30-19-26-7-4-17-34-26/h1-3,5-6,8-15,26,29H,4,7,16-20H2,(H,30,33)(H,31,32). The predicted octanol–water partition coefficient (Wildman–Crippen LogP) is 4.27. The Kier molecular flexibility index (Phi) is 8.73. The first-order valence-electron chi connectivity index (χ1n) is 12.0. The number of hydrogen-bond donors (Lipinski definition) is 3. The monoisotopic (exact) mass is 473 g/mol. The Hall–Kier alpha value is -3.84. The normalized spacial score (nSPS) is 14.8. The Labute approximate surface area is 205 Å². The molecular weight excluding hydrogens is 442 g/mol. The number of ether oxygens (including phenoxy) is 2. The van der Waals surface area contributed by atoms with Crippen LogP contribution in [0.25, 0.3) is 0 Å². The van der Waals surface area contributed by atoms with Gasteiger partial charge in [0.25, 0.3) is 5.91 Å². The van der Waals surface area contributed by atoms with Crippen LogP contribution < -0.4 is 20.7 Å². The lowest BCUT2D eigenvalue weighted by Crippen LogP contribution is -2.31. The third kappa shape index (κ3) is 7.86. The second-order valence-corrected chi connectivity index (χ2v) is 8.43. The number of rotatable bonds is 11. The lowest BCUT2D eigenvalue weighted by Gasteiger charge is -2.12. The number of carbonyl (C=O) groups is 2. The molecule has 1 unspecified atom stereocenters. The smallest absolute Gasteiger partial charge is 0.251 e. The molecule has 0 radical (unpaired) electrons. The molecule has 1 heterocycles. The minimum absolute atomic E-state index is 0.111. The molecule has 3 aromatic rings. The van der Waals surface area contributed by atoms with Crippen molar-refractivity contribution in [1.82, 2.24) is 5.32 Å². The molecule has 1 fully saturated rings. The van der Waals surface area contributed by atoms with Gasteiger partial charge in [-0.15, -0.1) is 0 Å². The Balaban J connectivity index is 1.15. The van der Waals surface area contributed by atoms with Crippen LogP contribution in [0, 0.1) is 0 Å². The van der Waals surface area contributed by atoms with Crippen molar-refractivity contribution in [3.63, 3.8) is 0 Å². The van der Waals surface area contributed by atoms with E-state index in [0.717, 1.165) is 37.3 Å². The van der Waals surface area contributed by atoms with Gasteiger partial charge < -0.3 is 25.4 Å². The molecule has 1 saturated heterocycles. The molecule has 4 rings (SSSR count). The average Bonchev–Trinajstić information content (AvgIpc) is 3.42. The van der Waals surface area contributed by atoms with E-state index in [9.17, 15) is 9.59 Å². The highest BCUT2D eigenvalue weighted by Gasteiger charge is 2.16. The van der Waals surface area contributed by atoms with Gasteiger partial charge >= 0.3 is 0 Å². The van der Waals surface area contributed by atoms with Crippen molar-refractivity contribution in [3.8, 4) is 5.75 Å². The zero-order valence-corrected chi connectivity index (χ0v) is 19.7. The summed E-state index contributed by atoms with van der Waals surface area (Å²) in [4.78, 5) is 24.6. The molecule has 1 atom stereocenters. The van der Waals surface area contributed by atoms with Gasteiger partial charge in [0.2, 0.25) is 5.91 Å². The molecule has 7 nitrogen and oxygen atoms in total. The highest BCUT2D eigenvalue weighted by atomic mass is 16.5. The van der Waals surface area contributed by atoms with Crippen LogP contribution in [0.1, 0.15) is 28.8 Å². The lowest BCUT2D eigenvalue weighted by molar-refractivity contribution is -0.114. The van der Waals surface area contributed by atoms with E-state index < -0.39 is 0 Å². The Morgan fingerprint density at radius 1 is 0.914 bits per heavy atom. The fourth-order valence-corrected chi connectivity index (χ4v) is 3.81. The molecule has 0 spiro atoms. The molecule has 0 bridgehead atoms. The van der Waals surface area contributed by atoms with E-state index in [1.165, 1.54) is 5.56 Å². The largest absolute Gasteiger partial charge is 0.493 e. The molecule has 2 amide bonds. The van der Waals surface area contributed by atoms with Gasteiger partial charge in [0, 0.05) is 36.5 Å². The molecule has 7 heteroatoms. The molecule has 182 valence electrons. The molecule has 3 N–H and O–H groups in total. The summed E-state index contributed by atoms with van der Waals surface area (Å²) >= 11 is 0. The van der Waals surface area contributed by atoms with Crippen molar-refractivity contribution in [2.24, 2.45) is 0 Å². The second kappa shape index (κ2) is 12.6. The maximum absolute atomic E-state index is 12.3. The second-order valence-electron chi connectivity index (χ2n) is 8.43. The molecule has 0 saturated carbocycles. The van der Waals surface area contributed by atoms with Crippen molar-refractivity contribution in [2.45, 2.75) is 25.4 Å². The predicted molar refractivity (Wildman–Crippen MR) is 137 cm³/mol. The SMILES string of the molecule is O=C(CNc1ccc(C(=O)NCC2CCCO2)cc1)Nc1ccc(OCCc2ccccc2)cc1. The lowest BCUT2D eigenvalue weighted by atomic mass is 10.2. The summed E-state index contributed by atoms with van der Waals surface area (Å²) < 4.78 is 11.3. The molecule has 0 aromatic heterocycles. The molecule has 35 heavy (non-hydrogen) atoms. The zero-order chi connectivity index (χ0) is 24.3. The van der Waals surface area contributed by atoms with E-state index in [1.807, 2.05) is 42.5 Å². The Bertz CT molecular complexity index is 1080. The highest BCUT2D eigenvalue weighted by Crippen LogP contribution is 2.17. The Morgan fingerprint density at radius 2 is 1.66 bits per heavy atom. The summed E-state index contributed by atoms with van der Waals surface area (Å²) in [6, 6.07) is 24.6. The van der Waals surface area contributed by atoms with Gasteiger partial charge in [-0.05, 0) is 66.9 Å². The first kappa shape index (κ1) is 24.3. The summed E-state index contributed by atoms with van der Waals surface area (Å²) in [6.45, 7) is 2.00. The van der Waals surface area contributed by atoms with Crippen LogP contribution in [0.15, 0.2) is 78.9 Å². The number of nitrogens with one attached hydrogen (secondary N) is 3. The maximum atomic E-state index is 12.3. The van der Waals surface area contributed by atoms with Gasteiger partial charge in [0.05, 0.1) is 19.3 Å². The van der Waals surface area contributed by atoms with Gasteiger partial charge in [-0.25, -0.2) is 0 Å². The topological polar surface area (TPSA) is 88.7 Å². The molecule has 1 aliphatic rings. The average molecular weight is 474 g/mol. The fraction of sp³-hybridized carbons (Fsp3) is 0.286. The van der Waals surface area contributed by atoms with Gasteiger partial charge in [0.1, 0.15) is 5.75 Å². The van der Waals surface area contributed by atoms with E-state index in [0.29, 0.717) is 24.4 Å². The van der Waals surface area contributed by atoms with E-state index in [1.54, 1.807) is 24.3 Å². The van der Waals surface area contributed by atoms with Crippen LogP contribution >= 0.6 is 0 Å². The van der Waals surface area contributed by atoms with Crippen molar-refractivity contribution >= 4 is 23.2 Å². The number of carbonyl (C=O) groups excluding carboxylic acids is 2. The minimum Gasteiger partial charge on any atom is -0.493 e. The zero-order valence-electron chi connectivity index (χ0n) is 19.7. The number of benzene rings is 3. The summed E-state index contributed by atoms with van der Waals surface area (Å²) in [7, 11) is 0. The van der Waals surface area contributed by atoms with E-state index in [2.05, 4.69) is 28.1 Å². The summed E-state index contributed by atoms with van der Waals surface area (Å²) in [5.74, 6) is 0.468. The van der Waals surface area contributed by atoms with Crippen molar-refractivity contribution in [3.05, 3.63) is 90.0 Å². The van der Waals surface area contributed by atoms with E-state index in [4.69, 9.17) is 9.47 Å². The van der Waals surface area contributed by atoms with E-state index in [-0.39, 0.29) is 24.5 Å². The maximum Gasteiger partial charge on any atom is 0.251 e.